The molecule has 8 heteroatoms. The Kier molecular flexibility index (Phi) is 7.89. The van der Waals surface area contributed by atoms with Crippen LogP contribution in [-0.2, 0) is 11.8 Å². The smallest absolute Gasteiger partial charge is 0.422 e. The van der Waals surface area contributed by atoms with Gasteiger partial charge in [-0.3, -0.25) is 4.98 Å². The largest absolute Gasteiger partial charge is 0.473 e. The van der Waals surface area contributed by atoms with E-state index in [0.717, 1.165) is 16.7 Å². The molecule has 0 saturated heterocycles. The highest BCUT2D eigenvalue weighted by Crippen LogP contribution is 2.42. The van der Waals surface area contributed by atoms with Gasteiger partial charge in [0.25, 0.3) is 0 Å². The predicted molar refractivity (Wildman–Crippen MR) is 160 cm³/mol. The highest BCUT2D eigenvalue weighted by atomic mass is 19.4. The molecule has 1 heterocycles. The molecule has 0 aliphatic rings. The molecule has 45 heavy (non-hydrogen) atoms. The second-order valence-electron chi connectivity index (χ2n) is 10.3. The molecule has 0 N–H and O–H groups in total. The molecule has 0 amide bonds. The number of benzene rings is 5. The summed E-state index contributed by atoms with van der Waals surface area (Å²) in [6.07, 6.45) is -1.83. The van der Waals surface area contributed by atoms with Crippen LogP contribution in [0.25, 0.3) is 22.3 Å². The Morgan fingerprint density at radius 2 is 1.00 bits per heavy atom. The van der Waals surface area contributed by atoms with E-state index >= 15 is 4.39 Å². The Morgan fingerprint density at radius 1 is 0.489 bits per heavy atom. The summed E-state index contributed by atoms with van der Waals surface area (Å²) in [5, 5.41) is 0. The van der Waals surface area contributed by atoms with Gasteiger partial charge < -0.3 is 4.74 Å². The number of hydrogen-bond acceptors (Lipinski definition) is 2. The molecule has 0 aliphatic heterocycles. The minimum Gasteiger partial charge on any atom is -0.473 e. The van der Waals surface area contributed by atoms with E-state index in [1.165, 1.54) is 30.3 Å². The average molecular weight is 612 g/mol. The maximum absolute atomic E-state index is 15.7. The molecule has 5 aromatic carbocycles. The molecule has 0 aliphatic carbocycles. The van der Waals surface area contributed by atoms with Crippen LogP contribution in [0.4, 0.5) is 26.3 Å². The van der Waals surface area contributed by atoms with E-state index in [-0.39, 0.29) is 22.4 Å². The molecule has 0 fully saturated rings. The molecule has 6 aromatic rings. The van der Waals surface area contributed by atoms with E-state index in [1.54, 1.807) is 24.5 Å². The highest BCUT2D eigenvalue weighted by Gasteiger charge is 2.40. The zero-order chi connectivity index (χ0) is 31.6. The zero-order valence-corrected chi connectivity index (χ0v) is 23.4. The average Bonchev–Trinajstić information content (AvgIpc) is 3.04. The summed E-state index contributed by atoms with van der Waals surface area (Å²) in [6.45, 7) is 0. The predicted octanol–water partition coefficient (Wildman–Crippen LogP) is 10.2. The molecule has 6 rings (SSSR count). The first-order chi connectivity index (χ1) is 21.7. The molecule has 224 valence electrons. The van der Waals surface area contributed by atoms with Crippen molar-refractivity contribution in [1.29, 1.82) is 0 Å². The number of halogens is 6. The molecule has 0 spiro atoms. The Bertz CT molecular complexity index is 1810. The van der Waals surface area contributed by atoms with Gasteiger partial charge in [0.2, 0.25) is 0 Å². The lowest BCUT2D eigenvalue weighted by Crippen LogP contribution is -2.36. The first-order valence-electron chi connectivity index (χ1n) is 13.8. The van der Waals surface area contributed by atoms with Gasteiger partial charge in [-0.1, -0.05) is 84.9 Å². The fourth-order valence-corrected chi connectivity index (χ4v) is 5.43. The maximum atomic E-state index is 15.7. The lowest BCUT2D eigenvalue weighted by Gasteiger charge is -2.36. The van der Waals surface area contributed by atoms with Crippen LogP contribution in [0.3, 0.4) is 0 Å². The van der Waals surface area contributed by atoms with Crippen molar-refractivity contribution < 1.29 is 31.1 Å². The van der Waals surface area contributed by atoms with Crippen molar-refractivity contribution in [3.63, 3.8) is 0 Å². The fourth-order valence-electron chi connectivity index (χ4n) is 5.43. The molecule has 0 radical (unpaired) electrons. The van der Waals surface area contributed by atoms with Gasteiger partial charge in [0, 0.05) is 40.7 Å². The third-order valence-corrected chi connectivity index (χ3v) is 7.51. The van der Waals surface area contributed by atoms with E-state index in [9.17, 15) is 22.0 Å². The summed E-state index contributed by atoms with van der Waals surface area (Å²) in [5.41, 5.74) is 0.187. The molecule has 0 atom stereocenters. The van der Waals surface area contributed by atoms with Crippen molar-refractivity contribution >= 4 is 0 Å². The van der Waals surface area contributed by atoms with Crippen molar-refractivity contribution in [2.24, 2.45) is 0 Å². The first-order valence-corrected chi connectivity index (χ1v) is 13.8. The second kappa shape index (κ2) is 12.0. The summed E-state index contributed by atoms with van der Waals surface area (Å²) in [5.74, 6) is -3.75. The lowest BCUT2D eigenvalue weighted by molar-refractivity contribution is -0.142. The molecule has 0 unspecified atom stereocenters. The number of hydrogen-bond donors (Lipinski definition) is 0. The minimum atomic E-state index is -5.16. The van der Waals surface area contributed by atoms with Gasteiger partial charge in [-0.05, 0) is 53.1 Å². The van der Waals surface area contributed by atoms with E-state index in [0.29, 0.717) is 17.7 Å². The topological polar surface area (TPSA) is 22.1 Å². The Morgan fingerprint density at radius 3 is 1.51 bits per heavy atom. The van der Waals surface area contributed by atoms with Crippen molar-refractivity contribution in [2.45, 2.75) is 11.8 Å². The number of nitrogens with zero attached hydrogens (tertiary/aromatic N) is 1. The van der Waals surface area contributed by atoms with Crippen LogP contribution in [0.2, 0.25) is 0 Å². The number of pyridine rings is 1. The van der Waals surface area contributed by atoms with Gasteiger partial charge in [-0.15, -0.1) is 0 Å². The fraction of sp³-hybridized carbons (Fsp3) is 0.0541. The standard InChI is InChI=1S/C37H23F6NO/c38-32-23-30(45-36(27-7-3-1-4-8-27,28-9-5-2-6-10-28)29-17-19-44-20-18-29)15-16-31(32)25-13-11-24(12-14-25)26-21-33(39)35(34(40)22-26)37(41,42)43/h1-23H. The molecule has 2 nitrogen and oxygen atoms in total. The molecule has 0 saturated carbocycles. The van der Waals surface area contributed by atoms with E-state index in [2.05, 4.69) is 4.98 Å². The summed E-state index contributed by atoms with van der Waals surface area (Å²) in [7, 11) is 0. The van der Waals surface area contributed by atoms with Gasteiger partial charge in [0.1, 0.15) is 28.8 Å². The van der Waals surface area contributed by atoms with Crippen molar-refractivity contribution in [3.05, 3.63) is 179 Å². The molecule has 1 aromatic heterocycles. The molecule has 0 bridgehead atoms. The van der Waals surface area contributed by atoms with E-state index in [4.69, 9.17) is 4.74 Å². The summed E-state index contributed by atoms with van der Waals surface area (Å²) < 4.78 is 89.7. The van der Waals surface area contributed by atoms with E-state index < -0.39 is 34.8 Å². The third-order valence-electron chi connectivity index (χ3n) is 7.51. The Labute approximate surface area is 255 Å². The van der Waals surface area contributed by atoms with Gasteiger partial charge in [0.15, 0.2) is 5.60 Å². The second-order valence-corrected chi connectivity index (χ2v) is 10.3. The van der Waals surface area contributed by atoms with Crippen molar-refractivity contribution in [1.82, 2.24) is 4.98 Å². The van der Waals surface area contributed by atoms with Crippen LogP contribution in [0.1, 0.15) is 22.3 Å². The van der Waals surface area contributed by atoms with E-state index in [1.807, 2.05) is 72.8 Å². The Balaban J connectivity index is 1.36. The van der Waals surface area contributed by atoms with Gasteiger partial charge in [0.05, 0.1) is 0 Å². The highest BCUT2D eigenvalue weighted by molar-refractivity contribution is 5.71. The van der Waals surface area contributed by atoms with Crippen molar-refractivity contribution in [3.8, 4) is 28.0 Å². The summed E-state index contributed by atoms with van der Waals surface area (Å²) in [6, 6.07) is 34.6. The number of rotatable bonds is 7. The molecular formula is C37H23F6NO. The van der Waals surface area contributed by atoms with Crippen molar-refractivity contribution in [2.75, 3.05) is 0 Å². The molecular weight excluding hydrogens is 588 g/mol. The maximum Gasteiger partial charge on any atom is 0.422 e. The first kappa shape index (κ1) is 29.7. The SMILES string of the molecule is Fc1cc(OC(c2ccccc2)(c2ccccc2)c2ccncc2)ccc1-c1ccc(-c2cc(F)c(C(F)(F)F)c(F)c2)cc1. The van der Waals surface area contributed by atoms with Gasteiger partial charge in [-0.25, -0.2) is 13.2 Å². The van der Waals surface area contributed by atoms with Crippen LogP contribution >= 0.6 is 0 Å². The minimum absolute atomic E-state index is 0.0805. The van der Waals surface area contributed by atoms with Crippen LogP contribution in [-0.4, -0.2) is 4.98 Å². The van der Waals surface area contributed by atoms with Gasteiger partial charge >= 0.3 is 6.18 Å². The summed E-state index contributed by atoms with van der Waals surface area (Å²) in [4.78, 5) is 4.16. The number of aromatic nitrogens is 1. The van der Waals surface area contributed by atoms with Crippen LogP contribution in [0, 0.1) is 17.5 Å². The lowest BCUT2D eigenvalue weighted by atomic mass is 9.80. The van der Waals surface area contributed by atoms with Crippen LogP contribution < -0.4 is 4.74 Å². The quantitative estimate of drug-likeness (QED) is 0.168. The number of alkyl halides is 3. The van der Waals surface area contributed by atoms with Crippen LogP contribution in [0.15, 0.2) is 140 Å². The zero-order valence-electron chi connectivity index (χ0n) is 23.4. The monoisotopic (exact) mass is 611 g/mol. The Hall–Kier alpha value is -5.37. The number of ether oxygens (including phenoxy) is 1. The normalized spacial score (nSPS) is 11.8. The van der Waals surface area contributed by atoms with Gasteiger partial charge in [-0.2, -0.15) is 13.2 Å². The van der Waals surface area contributed by atoms with Crippen LogP contribution in [0.5, 0.6) is 5.75 Å². The summed E-state index contributed by atoms with van der Waals surface area (Å²) >= 11 is 0. The third kappa shape index (κ3) is 5.79.